The molecule has 0 aromatic heterocycles. The summed E-state index contributed by atoms with van der Waals surface area (Å²) in [5.74, 6) is -2.77. The van der Waals surface area contributed by atoms with Crippen LogP contribution in [0, 0.1) is 0 Å². The Labute approximate surface area is 193 Å². The molecule has 0 unspecified atom stereocenters. The molecule has 174 valence electrons. The summed E-state index contributed by atoms with van der Waals surface area (Å²) in [4.78, 5) is 22.9. The minimum absolute atomic E-state index is 0.222. The van der Waals surface area contributed by atoms with Crippen LogP contribution >= 0.6 is 0 Å². The van der Waals surface area contributed by atoms with Crippen molar-refractivity contribution in [2.45, 2.75) is 31.6 Å². The van der Waals surface area contributed by atoms with E-state index in [1.165, 1.54) is 12.1 Å². The maximum atomic E-state index is 13.2. The first-order valence-electron chi connectivity index (χ1n) is 8.95. The molecule has 2 rings (SSSR count). The third kappa shape index (κ3) is 7.70. The van der Waals surface area contributed by atoms with Crippen LogP contribution in [0.25, 0.3) is 0 Å². The van der Waals surface area contributed by atoms with Crippen molar-refractivity contribution in [2.75, 3.05) is 6.61 Å². The van der Waals surface area contributed by atoms with E-state index in [0.29, 0.717) is 5.75 Å². The minimum atomic E-state index is -6.18. The molecule has 2 aromatic rings. The van der Waals surface area contributed by atoms with Crippen molar-refractivity contribution in [3.63, 3.8) is 0 Å². The van der Waals surface area contributed by atoms with Crippen LogP contribution in [-0.2, 0) is 24.4 Å². The fraction of sp³-hybridized carbons (Fsp3) is 0.300. The van der Waals surface area contributed by atoms with E-state index in [1.54, 1.807) is 45.0 Å². The Hall–Kier alpha value is -2.26. The molecular weight excluding hydrogens is 566 g/mol. The van der Waals surface area contributed by atoms with Crippen molar-refractivity contribution in [2.24, 2.45) is 0 Å². The second kappa shape index (κ2) is 10.1. The van der Waals surface area contributed by atoms with Gasteiger partial charge in [-0.05, 0) is 0 Å². The van der Waals surface area contributed by atoms with Crippen LogP contribution in [0.2, 0.25) is 0 Å². The van der Waals surface area contributed by atoms with Crippen molar-refractivity contribution >= 4 is 50.2 Å². The first kappa shape index (κ1) is 26.0. The maximum absolute atomic E-state index is 13.2. The number of hydrogen-bond donors (Lipinski definition) is 0. The van der Waals surface area contributed by atoms with Gasteiger partial charge in [0.1, 0.15) is 0 Å². The third-order valence-corrected chi connectivity index (χ3v) is 7.12. The summed E-state index contributed by atoms with van der Waals surface area (Å²) >= 11 is -0.887. The van der Waals surface area contributed by atoms with Crippen LogP contribution in [-0.4, -0.2) is 63.3 Å². The number of esters is 2. The van der Waals surface area contributed by atoms with Gasteiger partial charge in [-0.25, -0.2) is 0 Å². The van der Waals surface area contributed by atoms with Crippen molar-refractivity contribution in [1.82, 2.24) is 0 Å². The molecule has 0 heterocycles. The summed E-state index contributed by atoms with van der Waals surface area (Å²) in [5, 5.41) is -5.17. The Morgan fingerprint density at radius 1 is 0.938 bits per heavy atom. The Morgan fingerprint density at radius 3 is 1.84 bits per heavy atom. The summed E-state index contributed by atoms with van der Waals surface area (Å²) in [5.41, 5.74) is -0.599. The molecule has 0 saturated carbocycles. The quantitative estimate of drug-likeness (QED) is 0.196. The van der Waals surface area contributed by atoms with E-state index >= 15 is 0 Å². The van der Waals surface area contributed by atoms with Crippen LogP contribution in [0.4, 0.5) is 8.78 Å². The van der Waals surface area contributed by atoms with E-state index in [0.717, 1.165) is 7.22 Å². The Balaban J connectivity index is 1.92. The molecule has 8 nitrogen and oxygen atoms in total. The average molecular weight is 585 g/mol. The zero-order valence-electron chi connectivity index (χ0n) is 17.2. The van der Waals surface area contributed by atoms with Crippen molar-refractivity contribution in [3.05, 3.63) is 48.5 Å². The van der Waals surface area contributed by atoms with E-state index in [4.69, 9.17) is 9.47 Å². The van der Waals surface area contributed by atoms with Gasteiger partial charge < -0.3 is 0 Å². The predicted molar refractivity (Wildman–Crippen MR) is 110 cm³/mol. The molecule has 0 aliphatic rings. The predicted octanol–water partition coefficient (Wildman–Crippen LogP) is 1.11. The molecule has 2 aromatic carbocycles. The third-order valence-electron chi connectivity index (χ3n) is 3.42. The van der Waals surface area contributed by atoms with Crippen LogP contribution in [0.1, 0.15) is 20.8 Å². The average Bonchev–Trinajstić information content (AvgIpc) is 2.66. The number of ether oxygens (including phenoxy) is 3. The molecule has 0 aliphatic carbocycles. The normalized spacial score (nSPS) is 12.2. The zero-order chi connectivity index (χ0) is 24.2. The van der Waals surface area contributed by atoms with E-state index < -0.39 is 53.8 Å². The van der Waals surface area contributed by atoms with E-state index in [2.05, 4.69) is 4.74 Å². The second-order valence-corrected chi connectivity index (χ2v) is 12.0. The monoisotopic (exact) mass is 587 g/mol. The van der Waals surface area contributed by atoms with Crippen LogP contribution in [0.15, 0.2) is 48.5 Å². The number of carbonyl (C=O) groups is 2. The standard InChI is InChI=1S/C20H20F2O8STe/c1-19(2,3)30-17(23)12-28-13-4-8-15(9-5-13)32-16-10-6-14(7-11-16)29-18(24)20(21,22)31(25,26)27/h4-11H,12H2,1-3H3,(H,25,26,27)/p-1. The number of rotatable bonds is 8. The molecule has 0 bridgehead atoms. The summed E-state index contributed by atoms with van der Waals surface area (Å²) < 4.78 is 74.4. The Bertz CT molecular complexity index is 1060. The van der Waals surface area contributed by atoms with Crippen molar-refractivity contribution < 1.29 is 45.6 Å². The molecule has 12 heteroatoms. The Morgan fingerprint density at radius 2 is 1.41 bits per heavy atom. The molecule has 0 atom stereocenters. The number of alkyl halides is 2. The second-order valence-electron chi connectivity index (χ2n) is 7.28. The summed E-state index contributed by atoms with van der Waals surface area (Å²) in [7, 11) is -6.18. The van der Waals surface area contributed by atoms with Gasteiger partial charge in [0.25, 0.3) is 0 Å². The fourth-order valence-electron chi connectivity index (χ4n) is 2.10. The van der Waals surface area contributed by atoms with Crippen LogP contribution in [0.5, 0.6) is 11.5 Å². The van der Waals surface area contributed by atoms with Gasteiger partial charge >= 0.3 is 194 Å². The van der Waals surface area contributed by atoms with Gasteiger partial charge in [0, 0.05) is 0 Å². The summed E-state index contributed by atoms with van der Waals surface area (Å²) in [6.07, 6.45) is 0. The molecule has 0 fully saturated rings. The number of hydrogen-bond acceptors (Lipinski definition) is 8. The molecule has 0 radical (unpaired) electrons. The molecule has 0 saturated heterocycles. The van der Waals surface area contributed by atoms with Crippen LogP contribution < -0.4 is 16.7 Å². The number of benzene rings is 2. The molecule has 0 amide bonds. The van der Waals surface area contributed by atoms with Gasteiger partial charge in [-0.1, -0.05) is 0 Å². The molecule has 0 aliphatic heterocycles. The van der Waals surface area contributed by atoms with Crippen molar-refractivity contribution in [1.29, 1.82) is 0 Å². The van der Waals surface area contributed by atoms with Gasteiger partial charge in [0.05, 0.1) is 0 Å². The zero-order valence-corrected chi connectivity index (χ0v) is 20.3. The topological polar surface area (TPSA) is 119 Å². The molecule has 0 N–H and O–H groups in total. The first-order chi connectivity index (χ1) is 14.7. The fourth-order valence-corrected chi connectivity index (χ4v) is 4.67. The van der Waals surface area contributed by atoms with Gasteiger partial charge in [0.2, 0.25) is 0 Å². The van der Waals surface area contributed by atoms with E-state index in [1.807, 2.05) is 12.1 Å². The van der Waals surface area contributed by atoms with Crippen LogP contribution in [0.3, 0.4) is 0 Å². The van der Waals surface area contributed by atoms with Gasteiger partial charge in [-0.15, -0.1) is 0 Å². The van der Waals surface area contributed by atoms with Crippen molar-refractivity contribution in [3.8, 4) is 11.5 Å². The van der Waals surface area contributed by atoms with E-state index in [9.17, 15) is 31.3 Å². The van der Waals surface area contributed by atoms with Gasteiger partial charge in [-0.2, -0.15) is 0 Å². The SMILES string of the molecule is CC(C)(C)OC(=O)COc1ccc([Te]c2ccc(OC(=O)C(F)(F)S(=O)(=O)[O-])cc2)cc1. The molecular formula is C20H19F2O8STe-. The Kier molecular flexibility index (Phi) is 8.22. The molecule has 0 spiro atoms. The van der Waals surface area contributed by atoms with E-state index in [-0.39, 0.29) is 12.4 Å². The first-order valence-corrected chi connectivity index (χ1v) is 12.7. The van der Waals surface area contributed by atoms with Gasteiger partial charge in [0.15, 0.2) is 0 Å². The summed E-state index contributed by atoms with van der Waals surface area (Å²) in [6.45, 7) is 5.05. The summed E-state index contributed by atoms with van der Waals surface area (Å²) in [6, 6.07) is 12.6. The molecule has 32 heavy (non-hydrogen) atoms. The van der Waals surface area contributed by atoms with Gasteiger partial charge in [-0.3, -0.25) is 0 Å². The number of carbonyl (C=O) groups excluding carboxylic acids is 2. The number of halogens is 2.